The average Bonchev–Trinajstić information content (AvgIpc) is 1.94. The smallest absolute Gasteiger partial charge is 0.417 e. The van der Waals surface area contributed by atoms with E-state index in [-0.39, 0.29) is 0 Å². The molecule has 0 spiro atoms. The van der Waals surface area contributed by atoms with Crippen LogP contribution in [0.3, 0.4) is 0 Å². The van der Waals surface area contributed by atoms with E-state index in [9.17, 15) is 46.9 Å². The molecule has 108 valence electrons. The Morgan fingerprint density at radius 3 is 1.72 bits per heavy atom. The molecule has 0 fully saturated rings. The first kappa shape index (κ1) is 17.0. The van der Waals surface area contributed by atoms with E-state index in [2.05, 4.69) is 0 Å². The van der Waals surface area contributed by atoms with Crippen LogP contribution >= 0.6 is 0 Å². The zero-order chi connectivity index (χ0) is 15.0. The lowest BCUT2D eigenvalue weighted by Crippen LogP contribution is -2.45. The van der Waals surface area contributed by atoms with E-state index in [1.165, 1.54) is 0 Å². The van der Waals surface area contributed by atoms with Gasteiger partial charge in [-0.25, -0.2) is 16.8 Å². The van der Waals surface area contributed by atoms with E-state index in [1.807, 2.05) is 0 Å². The molecule has 0 atom stereocenters. The molecule has 0 aliphatic carbocycles. The highest BCUT2D eigenvalue weighted by atomic mass is 32.3. The van der Waals surface area contributed by atoms with E-state index in [4.69, 9.17) is 0 Å². The third kappa shape index (κ3) is 4.70. The van der Waals surface area contributed by atoms with E-state index in [0.29, 0.717) is 0 Å². The number of halogens is 4. The summed E-state index contributed by atoms with van der Waals surface area (Å²) in [7, 11) is -19.1. The van der Waals surface area contributed by atoms with Crippen molar-refractivity contribution in [2.24, 2.45) is 4.40 Å². The molecular weight excluding hydrogens is 336 g/mol. The number of sulfonamides is 1. The minimum Gasteiger partial charge on any atom is -0.856 e. The molecule has 9 nitrogen and oxygen atoms in total. The van der Waals surface area contributed by atoms with Gasteiger partial charge in [0.1, 0.15) is 0 Å². The molecule has 0 N–H and O–H groups in total. The van der Waals surface area contributed by atoms with Crippen LogP contribution in [0.5, 0.6) is 0 Å². The Morgan fingerprint density at radius 1 is 1.06 bits per heavy atom. The van der Waals surface area contributed by atoms with Crippen molar-refractivity contribution in [3.05, 3.63) is 4.13 Å². The average molecular weight is 336 g/mol. The van der Waals surface area contributed by atoms with Gasteiger partial charge in [0.25, 0.3) is 0 Å². The van der Waals surface area contributed by atoms with Crippen LogP contribution in [0.15, 0.2) is 4.40 Å². The Bertz CT molecular complexity index is 659. The summed E-state index contributed by atoms with van der Waals surface area (Å²) < 4.78 is 111. The molecule has 0 rings (SSSR count). The Balaban J connectivity index is 5.75. The fourth-order valence-corrected chi connectivity index (χ4v) is 2.38. The van der Waals surface area contributed by atoms with Crippen molar-refractivity contribution < 1.29 is 46.9 Å². The molecule has 0 saturated heterocycles. The third-order valence-corrected chi connectivity index (χ3v) is 3.66. The summed E-state index contributed by atoms with van der Waals surface area (Å²) in [6.07, 6.45) is 0. The number of nitrogens with zero attached hydrogens (tertiary/aromatic N) is 2. The van der Waals surface area contributed by atoms with Gasteiger partial charge in [-0.2, -0.15) is 17.2 Å². The minimum atomic E-state index is -6.63. The maximum absolute atomic E-state index is 12.7. The van der Waals surface area contributed by atoms with Crippen LogP contribution in [-0.2, 0) is 30.8 Å². The molecule has 0 amide bonds. The number of rotatable bonds is 5. The van der Waals surface area contributed by atoms with Gasteiger partial charge in [-0.1, -0.05) is 3.89 Å². The minimum absolute atomic E-state index is 0.994. The van der Waals surface area contributed by atoms with Crippen molar-refractivity contribution in [2.75, 3.05) is 0 Å². The van der Waals surface area contributed by atoms with Gasteiger partial charge in [0, 0.05) is 0 Å². The summed E-state index contributed by atoms with van der Waals surface area (Å²) in [5.41, 5.74) is 0. The van der Waals surface area contributed by atoms with Crippen LogP contribution in [0.1, 0.15) is 0 Å². The van der Waals surface area contributed by atoms with Crippen LogP contribution < -0.4 is 5.11 Å². The lowest BCUT2D eigenvalue weighted by atomic mass is 10.7. The van der Waals surface area contributed by atoms with E-state index >= 15 is 0 Å². The van der Waals surface area contributed by atoms with Gasteiger partial charge < -0.3 is 9.23 Å². The molecule has 0 aromatic carbocycles. The molecule has 0 aliphatic heterocycles. The van der Waals surface area contributed by atoms with Gasteiger partial charge in [-0.3, -0.25) is 0 Å². The van der Waals surface area contributed by atoms with Crippen molar-refractivity contribution >= 4 is 36.7 Å². The third-order valence-electron chi connectivity index (χ3n) is 0.952. The Labute approximate surface area is 97.9 Å². The quantitative estimate of drug-likeness (QED) is 0.255. The maximum Gasteiger partial charge on any atom is 0.417 e. The summed E-state index contributed by atoms with van der Waals surface area (Å²) in [5, 5.41) is 4.45. The molecule has 0 aromatic heterocycles. The topological polar surface area (TPSA) is 152 Å². The summed E-state index contributed by atoms with van der Waals surface area (Å²) in [6.45, 7) is 0. The molecule has 0 saturated carbocycles. The molecule has 0 heterocycles. The van der Waals surface area contributed by atoms with Crippen molar-refractivity contribution in [2.45, 2.75) is 5.25 Å². The highest BCUT2D eigenvalue weighted by molar-refractivity contribution is 8.11. The standard InChI is InChI=1S/C2HF4N2O7S3/c3-2(4,1(9)7-17(5,12)13)16(10,11)8-18(6,14)15/h(H,7,9)/q-1/p-1. The zero-order valence-electron chi connectivity index (χ0n) is 7.49. The van der Waals surface area contributed by atoms with Gasteiger partial charge in [0.2, 0.25) is 10.4 Å². The zero-order valence-corrected chi connectivity index (χ0v) is 9.94. The molecular formula is C2F4N2O7S3-2. The largest absolute Gasteiger partial charge is 0.856 e. The molecule has 0 radical (unpaired) electrons. The number of hydrogen-bond donors (Lipinski definition) is 0. The summed E-state index contributed by atoms with van der Waals surface area (Å²) >= 11 is 0. The Hall–Kier alpha value is -1.00. The van der Waals surface area contributed by atoms with Crippen LogP contribution in [0.4, 0.5) is 16.6 Å². The SMILES string of the molecule is O=S(=O)(F)/N=C(\[O-])C(F)(F)S(=O)(=O)[N-]S(=O)(=O)F. The van der Waals surface area contributed by atoms with E-state index < -0.39 is 42.0 Å². The van der Waals surface area contributed by atoms with Crippen molar-refractivity contribution in [1.29, 1.82) is 0 Å². The van der Waals surface area contributed by atoms with Gasteiger partial charge in [0.15, 0.2) is 10.0 Å². The van der Waals surface area contributed by atoms with Gasteiger partial charge in [-0.05, 0) is 0 Å². The van der Waals surface area contributed by atoms with E-state index in [0.717, 1.165) is 8.53 Å². The van der Waals surface area contributed by atoms with Gasteiger partial charge in [0.05, 0.1) is 5.90 Å². The van der Waals surface area contributed by atoms with Gasteiger partial charge in [-0.15, -0.1) is 8.28 Å². The van der Waals surface area contributed by atoms with Crippen molar-refractivity contribution in [1.82, 2.24) is 0 Å². The first-order valence-electron chi connectivity index (χ1n) is 3.12. The Morgan fingerprint density at radius 2 is 1.44 bits per heavy atom. The van der Waals surface area contributed by atoms with Crippen LogP contribution in [0.2, 0.25) is 0 Å². The fraction of sp³-hybridized carbons (Fsp3) is 0.500. The van der Waals surface area contributed by atoms with Crippen molar-refractivity contribution in [3.8, 4) is 0 Å². The second-order valence-electron chi connectivity index (χ2n) is 2.29. The second-order valence-corrected chi connectivity index (χ2v) is 6.18. The van der Waals surface area contributed by atoms with Crippen LogP contribution in [0.25, 0.3) is 4.13 Å². The maximum atomic E-state index is 12.7. The Kier molecular flexibility index (Phi) is 4.34. The fourth-order valence-electron chi connectivity index (χ4n) is 0.427. The molecule has 0 unspecified atom stereocenters. The lowest BCUT2D eigenvalue weighted by Gasteiger charge is -2.27. The summed E-state index contributed by atoms with van der Waals surface area (Å²) in [6, 6.07) is 0. The van der Waals surface area contributed by atoms with Crippen molar-refractivity contribution in [3.63, 3.8) is 0 Å². The number of alkyl halides is 2. The highest BCUT2D eigenvalue weighted by Crippen LogP contribution is 2.29. The molecule has 0 bridgehead atoms. The van der Waals surface area contributed by atoms with Gasteiger partial charge >= 0.3 is 15.7 Å². The summed E-state index contributed by atoms with van der Waals surface area (Å²) in [4.78, 5) is 0. The first-order chi connectivity index (χ1) is 7.58. The second kappa shape index (κ2) is 4.59. The predicted octanol–water partition coefficient (Wildman–Crippen LogP) is -1.53. The first-order valence-corrected chi connectivity index (χ1v) is 7.24. The normalized spacial score (nSPS) is 15.7. The number of hydrogen-bond acceptors (Lipinski definition) is 7. The molecule has 16 heteroatoms. The lowest BCUT2D eigenvalue weighted by molar-refractivity contribution is -0.234. The molecule has 0 aromatic rings. The predicted molar refractivity (Wildman–Crippen MR) is 44.7 cm³/mol. The van der Waals surface area contributed by atoms with E-state index in [1.54, 1.807) is 0 Å². The molecule has 18 heavy (non-hydrogen) atoms. The highest BCUT2D eigenvalue weighted by Gasteiger charge is 2.42. The van der Waals surface area contributed by atoms with Crippen LogP contribution in [0, 0.1) is 0 Å². The molecule has 0 aliphatic rings. The monoisotopic (exact) mass is 336 g/mol. The van der Waals surface area contributed by atoms with Crippen LogP contribution in [-0.4, -0.2) is 36.4 Å². The summed E-state index contributed by atoms with van der Waals surface area (Å²) in [5.74, 6) is -3.39.